The molecule has 3 rings (SSSR count). The topological polar surface area (TPSA) is 41.6 Å². The number of hydrogen-bond donors (Lipinski definition) is 1. The van der Waals surface area contributed by atoms with Crippen molar-refractivity contribution in [3.05, 3.63) is 35.4 Å². The SMILES string of the molecule is CCNC1CCN(C(=O)C2OCCc3ccccc32)CC1. The van der Waals surface area contributed by atoms with Crippen LogP contribution in [0, 0.1) is 0 Å². The van der Waals surface area contributed by atoms with E-state index in [1.165, 1.54) is 5.56 Å². The minimum absolute atomic E-state index is 0.136. The summed E-state index contributed by atoms with van der Waals surface area (Å²) >= 11 is 0. The van der Waals surface area contributed by atoms with Crippen molar-refractivity contribution >= 4 is 5.91 Å². The summed E-state index contributed by atoms with van der Waals surface area (Å²) in [6, 6.07) is 8.72. The monoisotopic (exact) mass is 288 g/mol. The summed E-state index contributed by atoms with van der Waals surface area (Å²) in [5, 5.41) is 3.47. The molecule has 0 radical (unpaired) electrons. The van der Waals surface area contributed by atoms with Gasteiger partial charge < -0.3 is 15.0 Å². The normalized spacial score (nSPS) is 22.9. The molecule has 2 aliphatic rings. The van der Waals surface area contributed by atoms with Crippen molar-refractivity contribution in [2.75, 3.05) is 26.2 Å². The lowest BCUT2D eigenvalue weighted by Crippen LogP contribution is -2.47. The predicted molar refractivity (Wildman–Crippen MR) is 82.1 cm³/mol. The Hall–Kier alpha value is -1.39. The van der Waals surface area contributed by atoms with Gasteiger partial charge >= 0.3 is 0 Å². The van der Waals surface area contributed by atoms with Gasteiger partial charge in [-0.3, -0.25) is 4.79 Å². The van der Waals surface area contributed by atoms with Gasteiger partial charge in [0.15, 0.2) is 6.10 Å². The Morgan fingerprint density at radius 3 is 2.86 bits per heavy atom. The quantitative estimate of drug-likeness (QED) is 0.923. The van der Waals surface area contributed by atoms with E-state index >= 15 is 0 Å². The van der Waals surface area contributed by atoms with E-state index in [2.05, 4.69) is 18.3 Å². The van der Waals surface area contributed by atoms with Gasteiger partial charge in [0.2, 0.25) is 0 Å². The number of piperidine rings is 1. The van der Waals surface area contributed by atoms with E-state index in [4.69, 9.17) is 4.74 Å². The molecule has 1 fully saturated rings. The van der Waals surface area contributed by atoms with Gasteiger partial charge in [0, 0.05) is 19.1 Å². The second-order valence-corrected chi connectivity index (χ2v) is 5.86. The predicted octanol–water partition coefficient (Wildman–Crippen LogP) is 1.90. The highest BCUT2D eigenvalue weighted by Gasteiger charge is 2.32. The molecule has 0 spiro atoms. The number of nitrogens with one attached hydrogen (secondary N) is 1. The molecule has 1 atom stereocenters. The highest BCUT2D eigenvalue weighted by Crippen LogP contribution is 2.29. The molecule has 1 N–H and O–H groups in total. The molecule has 0 aromatic heterocycles. The molecule has 1 aromatic rings. The molecular weight excluding hydrogens is 264 g/mol. The zero-order valence-electron chi connectivity index (χ0n) is 12.7. The van der Waals surface area contributed by atoms with Gasteiger partial charge in [-0.25, -0.2) is 0 Å². The lowest BCUT2D eigenvalue weighted by Gasteiger charge is -2.35. The summed E-state index contributed by atoms with van der Waals surface area (Å²) in [4.78, 5) is 14.7. The first-order chi connectivity index (χ1) is 10.3. The Morgan fingerprint density at radius 2 is 2.10 bits per heavy atom. The minimum atomic E-state index is -0.398. The molecule has 0 aliphatic carbocycles. The van der Waals surface area contributed by atoms with E-state index in [0.29, 0.717) is 12.6 Å². The van der Waals surface area contributed by atoms with Crippen molar-refractivity contribution in [3.63, 3.8) is 0 Å². The Balaban J connectivity index is 1.67. The number of likely N-dealkylation sites (tertiary alicyclic amines) is 1. The second-order valence-electron chi connectivity index (χ2n) is 5.86. The zero-order chi connectivity index (χ0) is 14.7. The largest absolute Gasteiger partial charge is 0.363 e. The summed E-state index contributed by atoms with van der Waals surface area (Å²) in [7, 11) is 0. The van der Waals surface area contributed by atoms with E-state index in [1.807, 2.05) is 23.1 Å². The fourth-order valence-electron chi connectivity index (χ4n) is 3.36. The highest BCUT2D eigenvalue weighted by atomic mass is 16.5. The van der Waals surface area contributed by atoms with Crippen LogP contribution >= 0.6 is 0 Å². The third kappa shape index (κ3) is 3.11. The van der Waals surface area contributed by atoms with Gasteiger partial charge in [-0.05, 0) is 36.9 Å². The smallest absolute Gasteiger partial charge is 0.256 e. The molecular formula is C17H24N2O2. The summed E-state index contributed by atoms with van der Waals surface area (Å²) < 4.78 is 5.79. The fourth-order valence-corrected chi connectivity index (χ4v) is 3.36. The van der Waals surface area contributed by atoms with E-state index in [0.717, 1.165) is 44.5 Å². The molecule has 1 aromatic carbocycles. The van der Waals surface area contributed by atoms with Crippen LogP contribution in [0.3, 0.4) is 0 Å². The molecule has 0 bridgehead atoms. The van der Waals surface area contributed by atoms with Crippen molar-refractivity contribution in [2.45, 2.75) is 38.3 Å². The summed E-state index contributed by atoms with van der Waals surface area (Å²) in [6.07, 6.45) is 2.58. The average Bonchev–Trinajstić information content (AvgIpc) is 2.55. The first-order valence-corrected chi connectivity index (χ1v) is 8.01. The molecule has 21 heavy (non-hydrogen) atoms. The number of ether oxygens (including phenoxy) is 1. The maximum absolute atomic E-state index is 12.8. The van der Waals surface area contributed by atoms with E-state index in [-0.39, 0.29) is 5.91 Å². The third-order valence-corrected chi connectivity index (χ3v) is 4.52. The van der Waals surface area contributed by atoms with E-state index in [1.54, 1.807) is 0 Å². The standard InChI is InChI=1S/C17H24N2O2/c1-2-18-14-7-10-19(11-8-14)17(20)16-15-6-4-3-5-13(15)9-12-21-16/h3-6,14,16,18H,2,7-12H2,1H3. The molecule has 1 saturated heterocycles. The van der Waals surface area contributed by atoms with Crippen molar-refractivity contribution in [2.24, 2.45) is 0 Å². The van der Waals surface area contributed by atoms with Crippen LogP contribution in [0.25, 0.3) is 0 Å². The Labute approximate surface area is 126 Å². The van der Waals surface area contributed by atoms with Crippen molar-refractivity contribution in [1.29, 1.82) is 0 Å². The van der Waals surface area contributed by atoms with E-state index < -0.39 is 6.10 Å². The number of hydrogen-bond acceptors (Lipinski definition) is 3. The van der Waals surface area contributed by atoms with Crippen molar-refractivity contribution < 1.29 is 9.53 Å². The van der Waals surface area contributed by atoms with Crippen LogP contribution in [0.15, 0.2) is 24.3 Å². The number of rotatable bonds is 3. The molecule has 2 heterocycles. The number of carbonyl (C=O) groups excluding carboxylic acids is 1. The van der Waals surface area contributed by atoms with Gasteiger partial charge in [-0.2, -0.15) is 0 Å². The molecule has 114 valence electrons. The van der Waals surface area contributed by atoms with Crippen LogP contribution in [-0.2, 0) is 16.0 Å². The Kier molecular flexibility index (Phi) is 4.56. The lowest BCUT2D eigenvalue weighted by molar-refractivity contribution is -0.146. The minimum Gasteiger partial charge on any atom is -0.363 e. The van der Waals surface area contributed by atoms with Crippen LogP contribution in [-0.4, -0.2) is 43.1 Å². The fraction of sp³-hybridized carbons (Fsp3) is 0.588. The van der Waals surface area contributed by atoms with Crippen LogP contribution < -0.4 is 5.32 Å². The third-order valence-electron chi connectivity index (χ3n) is 4.52. The molecule has 4 heteroatoms. The average molecular weight is 288 g/mol. The van der Waals surface area contributed by atoms with Crippen LogP contribution in [0.1, 0.15) is 37.0 Å². The van der Waals surface area contributed by atoms with Gasteiger partial charge in [-0.1, -0.05) is 31.2 Å². The Bertz CT molecular complexity index is 495. The van der Waals surface area contributed by atoms with Gasteiger partial charge in [0.05, 0.1) is 6.61 Å². The van der Waals surface area contributed by atoms with Crippen molar-refractivity contribution in [3.8, 4) is 0 Å². The number of carbonyl (C=O) groups is 1. The molecule has 1 amide bonds. The summed E-state index contributed by atoms with van der Waals surface area (Å²) in [5.74, 6) is 0.136. The van der Waals surface area contributed by atoms with Gasteiger partial charge in [0.1, 0.15) is 0 Å². The lowest BCUT2D eigenvalue weighted by atomic mass is 9.96. The molecule has 1 unspecified atom stereocenters. The first kappa shape index (κ1) is 14.5. The molecule has 4 nitrogen and oxygen atoms in total. The second kappa shape index (κ2) is 6.58. The number of fused-ring (bicyclic) bond motifs is 1. The number of nitrogens with zero attached hydrogens (tertiary/aromatic N) is 1. The van der Waals surface area contributed by atoms with Crippen LogP contribution in [0.2, 0.25) is 0 Å². The maximum atomic E-state index is 12.8. The molecule has 0 saturated carbocycles. The van der Waals surface area contributed by atoms with Gasteiger partial charge in [-0.15, -0.1) is 0 Å². The van der Waals surface area contributed by atoms with Crippen LogP contribution in [0.4, 0.5) is 0 Å². The summed E-state index contributed by atoms with van der Waals surface area (Å²) in [5.41, 5.74) is 2.31. The zero-order valence-corrected chi connectivity index (χ0v) is 12.7. The summed E-state index contributed by atoms with van der Waals surface area (Å²) in [6.45, 7) is 5.43. The highest BCUT2D eigenvalue weighted by molar-refractivity contribution is 5.83. The number of amides is 1. The van der Waals surface area contributed by atoms with Gasteiger partial charge in [0.25, 0.3) is 5.91 Å². The van der Waals surface area contributed by atoms with Crippen molar-refractivity contribution in [1.82, 2.24) is 10.2 Å². The van der Waals surface area contributed by atoms with Crippen LogP contribution in [0.5, 0.6) is 0 Å². The number of benzene rings is 1. The molecule has 2 aliphatic heterocycles. The Morgan fingerprint density at radius 1 is 1.33 bits per heavy atom. The first-order valence-electron chi connectivity index (χ1n) is 8.01. The maximum Gasteiger partial charge on any atom is 0.256 e. The van der Waals surface area contributed by atoms with E-state index in [9.17, 15) is 4.79 Å².